The van der Waals surface area contributed by atoms with Gasteiger partial charge in [-0.1, -0.05) is 11.6 Å². The van der Waals surface area contributed by atoms with Gasteiger partial charge < -0.3 is 5.11 Å². The number of carboxylic acids is 1. The molecule has 1 N–H and O–H groups in total. The van der Waals surface area contributed by atoms with Crippen molar-refractivity contribution in [2.45, 2.75) is 6.92 Å². The summed E-state index contributed by atoms with van der Waals surface area (Å²) in [5.74, 6) is -0.975. The molecule has 0 saturated heterocycles. The number of hydrogen-bond acceptors (Lipinski definition) is 3. The van der Waals surface area contributed by atoms with Crippen molar-refractivity contribution in [3.63, 3.8) is 0 Å². The Hall–Kier alpha value is -1.42. The van der Waals surface area contributed by atoms with E-state index in [9.17, 15) is 4.79 Å². The van der Waals surface area contributed by atoms with Crippen molar-refractivity contribution < 1.29 is 9.90 Å². The highest BCUT2D eigenvalue weighted by Gasteiger charge is 2.00. The molecule has 0 radical (unpaired) electrons. The van der Waals surface area contributed by atoms with Gasteiger partial charge in [0.2, 0.25) is 0 Å². The van der Waals surface area contributed by atoms with E-state index < -0.39 is 5.97 Å². The lowest BCUT2D eigenvalue weighted by molar-refractivity contribution is -0.132. The highest BCUT2D eigenvalue weighted by atomic mass is 35.5. The van der Waals surface area contributed by atoms with E-state index in [1.807, 2.05) is 0 Å². The number of halogens is 1. The van der Waals surface area contributed by atoms with Crippen LogP contribution in [0.3, 0.4) is 0 Å². The largest absolute Gasteiger partial charge is 0.478 e. The summed E-state index contributed by atoms with van der Waals surface area (Å²) in [6.45, 7) is 1.48. The Morgan fingerprint density at radius 3 is 2.69 bits per heavy atom. The van der Waals surface area contributed by atoms with Crippen molar-refractivity contribution >= 4 is 23.6 Å². The summed E-state index contributed by atoms with van der Waals surface area (Å²) in [5.41, 5.74) is 0.681. The van der Waals surface area contributed by atoms with Crippen LogP contribution in [0.4, 0.5) is 0 Å². The van der Waals surface area contributed by atoms with Crippen molar-refractivity contribution in [3.8, 4) is 0 Å². The summed E-state index contributed by atoms with van der Waals surface area (Å²) in [4.78, 5) is 18.1. The van der Waals surface area contributed by atoms with E-state index in [0.29, 0.717) is 5.69 Å². The zero-order valence-electron chi connectivity index (χ0n) is 6.86. The Bertz CT molecular complexity index is 346. The molecule has 0 aliphatic rings. The first-order valence-corrected chi connectivity index (χ1v) is 3.86. The Morgan fingerprint density at radius 1 is 1.54 bits per heavy atom. The van der Waals surface area contributed by atoms with E-state index in [2.05, 4.69) is 9.97 Å². The van der Waals surface area contributed by atoms with E-state index in [1.165, 1.54) is 25.4 Å². The first-order valence-electron chi connectivity index (χ1n) is 3.49. The van der Waals surface area contributed by atoms with Crippen LogP contribution < -0.4 is 0 Å². The lowest BCUT2D eigenvalue weighted by Gasteiger charge is -1.94. The maximum absolute atomic E-state index is 10.4. The monoisotopic (exact) mass is 198 g/mol. The second-order valence-corrected chi connectivity index (χ2v) is 2.78. The van der Waals surface area contributed by atoms with Gasteiger partial charge >= 0.3 is 5.97 Å². The van der Waals surface area contributed by atoms with Gasteiger partial charge in [0, 0.05) is 5.57 Å². The van der Waals surface area contributed by atoms with Gasteiger partial charge in [0.05, 0.1) is 18.1 Å². The third kappa shape index (κ3) is 2.83. The smallest absolute Gasteiger partial charge is 0.331 e. The summed E-state index contributed by atoms with van der Waals surface area (Å²) in [6, 6.07) is 0. The summed E-state index contributed by atoms with van der Waals surface area (Å²) in [7, 11) is 0. The van der Waals surface area contributed by atoms with Crippen LogP contribution in [-0.2, 0) is 4.79 Å². The molecule has 0 atom stereocenters. The average Bonchev–Trinajstić information content (AvgIpc) is 2.08. The predicted molar refractivity (Wildman–Crippen MR) is 48.3 cm³/mol. The molecule has 1 rings (SSSR count). The van der Waals surface area contributed by atoms with Gasteiger partial charge in [-0.15, -0.1) is 0 Å². The fraction of sp³-hybridized carbons (Fsp3) is 0.125. The normalized spacial score (nSPS) is 11.4. The predicted octanol–water partition coefficient (Wildman–Crippen LogP) is 1.62. The first-order chi connectivity index (χ1) is 6.09. The van der Waals surface area contributed by atoms with Gasteiger partial charge in [0.25, 0.3) is 0 Å². The molecule has 0 aromatic carbocycles. The van der Waals surface area contributed by atoms with Crippen molar-refractivity contribution in [1.29, 1.82) is 0 Å². The third-order valence-electron chi connectivity index (χ3n) is 1.34. The lowest BCUT2D eigenvalue weighted by Crippen LogP contribution is -1.96. The zero-order chi connectivity index (χ0) is 9.84. The van der Waals surface area contributed by atoms with Crippen LogP contribution in [0.25, 0.3) is 6.08 Å². The zero-order valence-corrected chi connectivity index (χ0v) is 7.62. The Labute approximate surface area is 79.9 Å². The van der Waals surface area contributed by atoms with Gasteiger partial charge in [0.15, 0.2) is 0 Å². The Balaban J connectivity index is 2.92. The Morgan fingerprint density at radius 2 is 2.23 bits per heavy atom. The number of aromatic nitrogens is 2. The molecule has 0 spiro atoms. The molecule has 0 fully saturated rings. The van der Waals surface area contributed by atoms with E-state index in [0.717, 1.165) is 0 Å². The topological polar surface area (TPSA) is 63.1 Å². The molecule has 1 aromatic heterocycles. The first kappa shape index (κ1) is 9.67. The highest BCUT2D eigenvalue weighted by molar-refractivity contribution is 6.29. The van der Waals surface area contributed by atoms with Crippen LogP contribution >= 0.6 is 11.6 Å². The molecule has 0 bridgehead atoms. The van der Waals surface area contributed by atoms with Crippen LogP contribution in [-0.4, -0.2) is 21.0 Å². The quantitative estimate of drug-likeness (QED) is 0.734. The van der Waals surface area contributed by atoms with E-state index in [-0.39, 0.29) is 10.7 Å². The van der Waals surface area contributed by atoms with Crippen molar-refractivity contribution in [3.05, 3.63) is 28.8 Å². The summed E-state index contributed by atoms with van der Waals surface area (Å²) in [5, 5.41) is 8.84. The second-order valence-electron chi connectivity index (χ2n) is 2.40. The Kier molecular flexibility index (Phi) is 2.97. The van der Waals surface area contributed by atoms with Crippen molar-refractivity contribution in [2.24, 2.45) is 0 Å². The summed E-state index contributed by atoms with van der Waals surface area (Å²) < 4.78 is 0. The number of rotatable bonds is 2. The molecule has 5 heteroatoms. The molecule has 0 aliphatic carbocycles. The number of carbonyl (C=O) groups is 1. The fourth-order valence-electron chi connectivity index (χ4n) is 0.680. The summed E-state index contributed by atoms with van der Waals surface area (Å²) >= 11 is 5.50. The van der Waals surface area contributed by atoms with Crippen LogP contribution in [0.1, 0.15) is 12.6 Å². The minimum Gasteiger partial charge on any atom is -0.478 e. The van der Waals surface area contributed by atoms with Crippen molar-refractivity contribution in [1.82, 2.24) is 9.97 Å². The number of carboxylic acid groups (broad SMARTS) is 1. The maximum atomic E-state index is 10.4. The van der Waals surface area contributed by atoms with Crippen LogP contribution in [0.5, 0.6) is 0 Å². The molecular weight excluding hydrogens is 192 g/mol. The maximum Gasteiger partial charge on any atom is 0.331 e. The van der Waals surface area contributed by atoms with Crippen LogP contribution in [0.15, 0.2) is 18.0 Å². The fourth-order valence-corrected chi connectivity index (χ4v) is 0.778. The number of aliphatic carboxylic acids is 1. The standard InChI is InChI=1S/C8H7ClN2O2/c1-5(8(12)13)2-6-3-11-7(9)4-10-6/h2-4H,1H3,(H,12,13). The SMILES string of the molecule is CC(=Cc1cnc(Cl)cn1)C(=O)O. The van der Waals surface area contributed by atoms with Gasteiger partial charge in [0.1, 0.15) is 5.15 Å². The van der Waals surface area contributed by atoms with Gasteiger partial charge in [-0.25, -0.2) is 9.78 Å². The highest BCUT2D eigenvalue weighted by Crippen LogP contribution is 2.05. The molecule has 1 aromatic rings. The molecular formula is C8H7ClN2O2. The molecule has 0 saturated carbocycles. The average molecular weight is 199 g/mol. The number of nitrogens with zero attached hydrogens (tertiary/aromatic N) is 2. The van der Waals surface area contributed by atoms with Gasteiger partial charge in [-0.3, -0.25) is 4.98 Å². The second kappa shape index (κ2) is 4.00. The minimum absolute atomic E-state index is 0.205. The van der Waals surface area contributed by atoms with Gasteiger partial charge in [-0.2, -0.15) is 0 Å². The molecule has 68 valence electrons. The van der Waals surface area contributed by atoms with Crippen molar-refractivity contribution in [2.75, 3.05) is 0 Å². The number of hydrogen-bond donors (Lipinski definition) is 1. The van der Waals surface area contributed by atoms with E-state index in [1.54, 1.807) is 0 Å². The van der Waals surface area contributed by atoms with E-state index in [4.69, 9.17) is 16.7 Å². The molecule has 0 aliphatic heterocycles. The lowest BCUT2D eigenvalue weighted by atomic mass is 10.2. The minimum atomic E-state index is -0.975. The molecule has 0 unspecified atom stereocenters. The van der Waals surface area contributed by atoms with Gasteiger partial charge in [-0.05, 0) is 13.0 Å². The molecule has 4 nitrogen and oxygen atoms in total. The van der Waals surface area contributed by atoms with Crippen LogP contribution in [0, 0.1) is 0 Å². The molecule has 1 heterocycles. The third-order valence-corrected chi connectivity index (χ3v) is 1.54. The van der Waals surface area contributed by atoms with Crippen LogP contribution in [0.2, 0.25) is 5.15 Å². The summed E-state index contributed by atoms with van der Waals surface area (Å²) in [6.07, 6.45) is 4.20. The molecule has 0 amide bonds. The van der Waals surface area contributed by atoms with E-state index >= 15 is 0 Å². The molecule has 13 heavy (non-hydrogen) atoms.